The van der Waals surface area contributed by atoms with Gasteiger partial charge >= 0.3 is 18.0 Å². The van der Waals surface area contributed by atoms with Crippen molar-refractivity contribution in [3.05, 3.63) is 0 Å². The van der Waals surface area contributed by atoms with Gasteiger partial charge in [0.1, 0.15) is 6.04 Å². The summed E-state index contributed by atoms with van der Waals surface area (Å²) in [5.74, 6) is -1.99. The Kier molecular flexibility index (Phi) is 6.23. The summed E-state index contributed by atoms with van der Waals surface area (Å²) in [6.07, 6.45) is 3.18. The lowest BCUT2D eigenvalue weighted by Crippen LogP contribution is -2.55. The number of carboxylic acids is 1. The van der Waals surface area contributed by atoms with Gasteiger partial charge in [-0.15, -0.1) is 0 Å². The van der Waals surface area contributed by atoms with Gasteiger partial charge in [-0.05, 0) is 12.8 Å². The monoisotopic (exact) mass is 287 g/mol. The van der Waals surface area contributed by atoms with Crippen molar-refractivity contribution in [2.45, 2.75) is 50.2 Å². The van der Waals surface area contributed by atoms with Crippen LogP contribution in [0.4, 0.5) is 4.79 Å². The van der Waals surface area contributed by atoms with E-state index in [0.717, 1.165) is 32.8 Å². The van der Waals surface area contributed by atoms with Crippen LogP contribution < -0.4 is 16.4 Å². The van der Waals surface area contributed by atoms with Crippen LogP contribution in [-0.4, -0.2) is 48.3 Å². The molecule has 0 heterocycles. The maximum absolute atomic E-state index is 11.7. The van der Waals surface area contributed by atoms with Gasteiger partial charge in [0, 0.05) is 12.1 Å². The van der Waals surface area contributed by atoms with E-state index in [1.165, 1.54) is 0 Å². The van der Waals surface area contributed by atoms with Gasteiger partial charge in [-0.25, -0.2) is 9.59 Å². The van der Waals surface area contributed by atoms with Gasteiger partial charge in [-0.2, -0.15) is 0 Å². The second-order valence-corrected chi connectivity index (χ2v) is 4.84. The smallest absolute Gasteiger partial charge is 0.326 e. The van der Waals surface area contributed by atoms with E-state index in [9.17, 15) is 14.4 Å². The molecule has 1 saturated carbocycles. The van der Waals surface area contributed by atoms with Crippen molar-refractivity contribution >= 4 is 18.0 Å². The van der Waals surface area contributed by atoms with Crippen LogP contribution in [0, 0.1) is 0 Å². The van der Waals surface area contributed by atoms with E-state index >= 15 is 0 Å². The summed E-state index contributed by atoms with van der Waals surface area (Å²) in [6, 6.07) is -2.25. The Morgan fingerprint density at radius 3 is 2.55 bits per heavy atom. The molecule has 0 bridgehead atoms. The first kappa shape index (κ1) is 16.2. The molecule has 0 aromatic heterocycles. The summed E-state index contributed by atoms with van der Waals surface area (Å²) < 4.78 is 4.39. The number of carbonyl (C=O) groups excluding carboxylic acids is 2. The first-order valence-corrected chi connectivity index (χ1v) is 6.56. The van der Waals surface area contributed by atoms with E-state index in [1.807, 2.05) is 0 Å². The molecule has 2 amide bonds. The number of hydrogen-bond acceptors (Lipinski definition) is 5. The lowest BCUT2D eigenvalue weighted by atomic mass is 9.91. The minimum absolute atomic E-state index is 0.126. The predicted molar refractivity (Wildman–Crippen MR) is 70.0 cm³/mol. The topological polar surface area (TPSA) is 131 Å². The molecule has 5 N–H and O–H groups in total. The molecule has 114 valence electrons. The highest BCUT2D eigenvalue weighted by molar-refractivity contribution is 5.86. The van der Waals surface area contributed by atoms with E-state index < -0.39 is 30.4 Å². The van der Waals surface area contributed by atoms with Crippen molar-refractivity contribution in [1.82, 2.24) is 10.6 Å². The van der Waals surface area contributed by atoms with Crippen LogP contribution >= 0.6 is 0 Å². The average Bonchev–Trinajstić information content (AvgIpc) is 2.40. The van der Waals surface area contributed by atoms with Gasteiger partial charge in [0.2, 0.25) is 0 Å². The number of nitrogens with one attached hydrogen (secondary N) is 2. The predicted octanol–water partition coefficient (Wildman–Crippen LogP) is -0.428. The number of nitrogens with two attached hydrogens (primary N) is 1. The highest BCUT2D eigenvalue weighted by Gasteiger charge is 2.27. The number of urea groups is 1. The number of methoxy groups -OCH3 is 1. The zero-order chi connectivity index (χ0) is 15.1. The Labute approximate surface area is 117 Å². The lowest BCUT2D eigenvalue weighted by Gasteiger charge is -2.29. The van der Waals surface area contributed by atoms with Gasteiger partial charge in [0.15, 0.2) is 0 Å². The van der Waals surface area contributed by atoms with Crippen LogP contribution in [0.5, 0.6) is 0 Å². The van der Waals surface area contributed by atoms with Crippen molar-refractivity contribution in [3.63, 3.8) is 0 Å². The molecule has 8 nitrogen and oxygen atoms in total. The van der Waals surface area contributed by atoms with E-state index in [-0.39, 0.29) is 12.1 Å². The first-order valence-electron chi connectivity index (χ1n) is 6.56. The summed E-state index contributed by atoms with van der Waals surface area (Å²) in [7, 11) is 1.16. The molecular formula is C12H21N3O5. The molecular weight excluding hydrogens is 266 g/mol. The third kappa shape index (κ3) is 5.04. The Balaban J connectivity index is 2.48. The molecule has 0 aromatic carbocycles. The molecule has 0 spiro atoms. The molecule has 0 radical (unpaired) electrons. The summed E-state index contributed by atoms with van der Waals surface area (Å²) in [6.45, 7) is 0. The first-order chi connectivity index (χ1) is 9.43. The van der Waals surface area contributed by atoms with Gasteiger partial charge in [-0.3, -0.25) is 4.79 Å². The largest absolute Gasteiger partial charge is 0.480 e. The molecule has 1 aliphatic carbocycles. The summed E-state index contributed by atoms with van der Waals surface area (Å²) in [5.41, 5.74) is 5.89. The summed E-state index contributed by atoms with van der Waals surface area (Å²) in [5, 5.41) is 13.8. The zero-order valence-corrected chi connectivity index (χ0v) is 11.4. The molecule has 0 aliphatic heterocycles. The van der Waals surface area contributed by atoms with Crippen LogP contribution in [0.25, 0.3) is 0 Å². The maximum atomic E-state index is 11.7. The normalized spacial score (nSPS) is 23.5. The lowest BCUT2D eigenvalue weighted by molar-refractivity contribution is -0.147. The van der Waals surface area contributed by atoms with Crippen LogP contribution in [0.15, 0.2) is 0 Å². The van der Waals surface area contributed by atoms with E-state index in [1.54, 1.807) is 0 Å². The van der Waals surface area contributed by atoms with Gasteiger partial charge in [0.25, 0.3) is 0 Å². The van der Waals surface area contributed by atoms with Crippen LogP contribution in [0.1, 0.15) is 32.1 Å². The number of rotatable bonds is 5. The molecule has 8 heteroatoms. The van der Waals surface area contributed by atoms with Gasteiger partial charge in [0.05, 0.1) is 13.5 Å². The molecule has 0 saturated heterocycles. The average molecular weight is 287 g/mol. The third-order valence-electron chi connectivity index (χ3n) is 3.34. The minimum atomic E-state index is -1.32. The molecule has 0 aromatic rings. The maximum Gasteiger partial charge on any atom is 0.326 e. The Morgan fingerprint density at radius 1 is 1.35 bits per heavy atom. The van der Waals surface area contributed by atoms with Crippen molar-refractivity contribution in [2.24, 2.45) is 5.73 Å². The fourth-order valence-electron chi connectivity index (χ4n) is 2.16. The molecule has 1 rings (SSSR count). The number of esters is 1. The van der Waals surface area contributed by atoms with Crippen molar-refractivity contribution in [1.29, 1.82) is 0 Å². The fourth-order valence-corrected chi connectivity index (χ4v) is 2.16. The highest BCUT2D eigenvalue weighted by atomic mass is 16.5. The zero-order valence-electron chi connectivity index (χ0n) is 11.4. The standard InChI is InChI=1S/C12H21N3O5/c1-20-10(16)6-9(11(17)18)15-12(19)14-8-5-3-2-4-7(8)13/h7-9H,2-6,13H2,1H3,(H,17,18)(H2,14,15,19)/t7?,8?,9-/m0/s1. The summed E-state index contributed by atoms with van der Waals surface area (Å²) >= 11 is 0. The highest BCUT2D eigenvalue weighted by Crippen LogP contribution is 2.16. The molecule has 1 aliphatic rings. The fraction of sp³-hybridized carbons (Fsp3) is 0.750. The second kappa shape index (κ2) is 7.68. The molecule has 2 unspecified atom stereocenters. The molecule has 1 fully saturated rings. The van der Waals surface area contributed by atoms with Gasteiger partial charge < -0.3 is 26.2 Å². The number of carboxylic acid groups (broad SMARTS) is 1. The number of carbonyl (C=O) groups is 3. The van der Waals surface area contributed by atoms with Crippen molar-refractivity contribution < 1.29 is 24.2 Å². The molecule has 3 atom stereocenters. The number of ether oxygens (including phenoxy) is 1. The van der Waals surface area contributed by atoms with E-state index in [0.29, 0.717) is 0 Å². The Morgan fingerprint density at radius 2 is 2.00 bits per heavy atom. The van der Waals surface area contributed by atoms with E-state index in [2.05, 4.69) is 15.4 Å². The SMILES string of the molecule is COC(=O)C[C@H](NC(=O)NC1CCCCC1N)C(=O)O. The molecule has 20 heavy (non-hydrogen) atoms. The number of aliphatic carboxylic acids is 1. The van der Waals surface area contributed by atoms with Crippen LogP contribution in [-0.2, 0) is 14.3 Å². The number of hydrogen-bond donors (Lipinski definition) is 4. The second-order valence-electron chi connectivity index (χ2n) is 4.84. The van der Waals surface area contributed by atoms with Crippen LogP contribution in [0.3, 0.4) is 0 Å². The number of amides is 2. The third-order valence-corrected chi connectivity index (χ3v) is 3.34. The summed E-state index contributed by atoms with van der Waals surface area (Å²) in [4.78, 5) is 33.8. The van der Waals surface area contributed by atoms with Crippen molar-refractivity contribution in [3.8, 4) is 0 Å². The Hall–Kier alpha value is -1.83. The van der Waals surface area contributed by atoms with Crippen molar-refractivity contribution in [2.75, 3.05) is 7.11 Å². The van der Waals surface area contributed by atoms with E-state index in [4.69, 9.17) is 10.8 Å². The van der Waals surface area contributed by atoms with Crippen LogP contribution in [0.2, 0.25) is 0 Å². The Bertz CT molecular complexity index is 374. The minimum Gasteiger partial charge on any atom is -0.480 e. The van der Waals surface area contributed by atoms with Gasteiger partial charge in [-0.1, -0.05) is 12.8 Å². The quantitative estimate of drug-likeness (QED) is 0.508.